The van der Waals surface area contributed by atoms with E-state index in [4.69, 9.17) is 5.73 Å². The first kappa shape index (κ1) is 14.8. The average Bonchev–Trinajstić information content (AvgIpc) is 3.14. The molecule has 2 N–H and O–H groups in total. The van der Waals surface area contributed by atoms with Gasteiger partial charge in [-0.2, -0.15) is 0 Å². The second-order valence-electron chi connectivity index (χ2n) is 5.32. The Hall–Kier alpha value is -0.280. The van der Waals surface area contributed by atoms with E-state index in [1.807, 2.05) is 0 Å². The van der Waals surface area contributed by atoms with Gasteiger partial charge in [0.25, 0.3) is 0 Å². The van der Waals surface area contributed by atoms with Crippen LogP contribution < -0.4 is 5.73 Å². The maximum Gasteiger partial charge on any atom is 0.236 e. The fourth-order valence-corrected chi connectivity index (χ4v) is 2.99. The molecular formula is C13H25ClN2O. The minimum Gasteiger partial charge on any atom is -0.336 e. The Balaban J connectivity index is 0.00000144. The van der Waals surface area contributed by atoms with Crippen LogP contribution in [0.5, 0.6) is 0 Å². The Kier molecular flexibility index (Phi) is 5.74. The third kappa shape index (κ3) is 3.59. The molecule has 0 atom stereocenters. The number of halogens is 1. The Morgan fingerprint density at radius 3 is 1.94 bits per heavy atom. The molecule has 0 saturated heterocycles. The molecule has 2 fully saturated rings. The predicted molar refractivity (Wildman–Crippen MR) is 72.2 cm³/mol. The molecule has 2 saturated carbocycles. The summed E-state index contributed by atoms with van der Waals surface area (Å²) in [5.41, 5.74) is 5.51. The highest BCUT2D eigenvalue weighted by molar-refractivity contribution is 5.85. The zero-order valence-electron chi connectivity index (χ0n) is 10.7. The van der Waals surface area contributed by atoms with Gasteiger partial charge in [-0.25, -0.2) is 0 Å². The topological polar surface area (TPSA) is 46.3 Å². The third-order valence-electron chi connectivity index (χ3n) is 4.19. The number of nitrogens with two attached hydrogens (primary N) is 1. The summed E-state index contributed by atoms with van der Waals surface area (Å²) in [6, 6.07) is 1.02. The number of hydrogen-bond acceptors (Lipinski definition) is 2. The minimum absolute atomic E-state index is 0. The van der Waals surface area contributed by atoms with E-state index in [-0.39, 0.29) is 24.9 Å². The lowest BCUT2D eigenvalue weighted by molar-refractivity contribution is -0.133. The van der Waals surface area contributed by atoms with Gasteiger partial charge in [0.2, 0.25) is 5.91 Å². The summed E-state index contributed by atoms with van der Waals surface area (Å²) < 4.78 is 0. The highest BCUT2D eigenvalue weighted by Crippen LogP contribution is 2.35. The highest BCUT2D eigenvalue weighted by Gasteiger charge is 2.37. The number of carbonyl (C=O) groups excluding carboxylic acids is 1. The summed E-state index contributed by atoms with van der Waals surface area (Å²) in [5, 5.41) is 0. The summed E-state index contributed by atoms with van der Waals surface area (Å²) in [4.78, 5) is 14.0. The van der Waals surface area contributed by atoms with Crippen LogP contribution in [0.4, 0.5) is 0 Å². The molecule has 0 aliphatic heterocycles. The van der Waals surface area contributed by atoms with Crippen molar-refractivity contribution in [3.8, 4) is 0 Å². The van der Waals surface area contributed by atoms with Gasteiger partial charge in [0.15, 0.2) is 0 Å². The van der Waals surface area contributed by atoms with Crippen molar-refractivity contribution in [1.82, 2.24) is 4.90 Å². The van der Waals surface area contributed by atoms with Crippen molar-refractivity contribution >= 4 is 18.3 Å². The minimum atomic E-state index is 0. The quantitative estimate of drug-likeness (QED) is 0.843. The van der Waals surface area contributed by atoms with E-state index in [2.05, 4.69) is 11.8 Å². The van der Waals surface area contributed by atoms with Crippen molar-refractivity contribution in [2.75, 3.05) is 6.54 Å². The van der Waals surface area contributed by atoms with Crippen molar-refractivity contribution in [2.45, 2.75) is 64.0 Å². The van der Waals surface area contributed by atoms with Crippen molar-refractivity contribution in [3.05, 3.63) is 0 Å². The Labute approximate surface area is 111 Å². The molecule has 4 heteroatoms. The number of carbonyl (C=O) groups is 1. The molecule has 2 aliphatic rings. The molecule has 0 aromatic carbocycles. The summed E-state index contributed by atoms with van der Waals surface area (Å²) in [7, 11) is 0. The van der Waals surface area contributed by atoms with Gasteiger partial charge in [0, 0.05) is 12.1 Å². The van der Waals surface area contributed by atoms with E-state index < -0.39 is 0 Å². The molecule has 0 spiro atoms. The van der Waals surface area contributed by atoms with Crippen molar-refractivity contribution < 1.29 is 4.79 Å². The fourth-order valence-electron chi connectivity index (χ4n) is 2.99. The SMILES string of the molecule is CCC1CCC(N(C(=O)CN)C2CC2)CC1.Cl. The van der Waals surface area contributed by atoms with Gasteiger partial charge in [-0.3, -0.25) is 4.79 Å². The first-order valence-corrected chi connectivity index (χ1v) is 6.77. The van der Waals surface area contributed by atoms with Crippen LogP contribution in [0, 0.1) is 5.92 Å². The molecule has 0 aromatic heterocycles. The molecule has 0 unspecified atom stereocenters. The van der Waals surface area contributed by atoms with E-state index in [9.17, 15) is 4.79 Å². The second kappa shape index (κ2) is 6.60. The summed E-state index contributed by atoms with van der Waals surface area (Å²) >= 11 is 0. The molecule has 1 amide bonds. The van der Waals surface area contributed by atoms with Crippen molar-refractivity contribution in [3.63, 3.8) is 0 Å². The number of rotatable bonds is 4. The predicted octanol–water partition coefficient (Wildman–Crippen LogP) is 2.33. The highest BCUT2D eigenvalue weighted by atomic mass is 35.5. The van der Waals surface area contributed by atoms with Crippen molar-refractivity contribution in [1.29, 1.82) is 0 Å². The van der Waals surface area contributed by atoms with Crippen LogP contribution >= 0.6 is 12.4 Å². The summed E-state index contributed by atoms with van der Waals surface area (Å²) in [5.74, 6) is 1.06. The van der Waals surface area contributed by atoms with Crippen LogP contribution in [0.15, 0.2) is 0 Å². The Morgan fingerprint density at radius 2 is 1.59 bits per heavy atom. The van der Waals surface area contributed by atoms with Gasteiger partial charge in [-0.05, 0) is 44.4 Å². The van der Waals surface area contributed by atoms with E-state index in [0.29, 0.717) is 12.1 Å². The second-order valence-corrected chi connectivity index (χ2v) is 5.32. The van der Waals surface area contributed by atoms with Gasteiger partial charge < -0.3 is 10.6 Å². The first-order chi connectivity index (χ1) is 7.76. The normalized spacial score (nSPS) is 28.4. The van der Waals surface area contributed by atoms with Gasteiger partial charge in [-0.1, -0.05) is 13.3 Å². The lowest BCUT2D eigenvalue weighted by atomic mass is 9.84. The van der Waals surface area contributed by atoms with Crippen LogP contribution in [-0.4, -0.2) is 29.4 Å². The van der Waals surface area contributed by atoms with Crippen molar-refractivity contribution in [2.24, 2.45) is 11.7 Å². The Bertz CT molecular complexity index is 248. The largest absolute Gasteiger partial charge is 0.336 e. The fraction of sp³-hybridized carbons (Fsp3) is 0.923. The zero-order valence-corrected chi connectivity index (χ0v) is 11.5. The van der Waals surface area contributed by atoms with E-state index >= 15 is 0 Å². The third-order valence-corrected chi connectivity index (χ3v) is 4.19. The van der Waals surface area contributed by atoms with E-state index in [1.165, 1.54) is 44.9 Å². The number of hydrogen-bond donors (Lipinski definition) is 1. The van der Waals surface area contributed by atoms with Gasteiger partial charge in [0.05, 0.1) is 6.54 Å². The number of nitrogens with zero attached hydrogens (tertiary/aromatic N) is 1. The number of amides is 1. The van der Waals surface area contributed by atoms with Gasteiger partial charge in [-0.15, -0.1) is 12.4 Å². The Morgan fingerprint density at radius 1 is 1.12 bits per heavy atom. The molecule has 0 aromatic rings. The molecule has 17 heavy (non-hydrogen) atoms. The smallest absolute Gasteiger partial charge is 0.236 e. The van der Waals surface area contributed by atoms with Crippen LogP contribution in [0.1, 0.15) is 51.9 Å². The van der Waals surface area contributed by atoms with Gasteiger partial charge in [0.1, 0.15) is 0 Å². The summed E-state index contributed by atoms with van der Waals surface area (Å²) in [6.07, 6.45) is 8.66. The maximum atomic E-state index is 11.8. The molecule has 0 heterocycles. The average molecular weight is 261 g/mol. The standard InChI is InChI=1S/C13H24N2O.ClH/c1-2-10-3-5-11(6-4-10)15(12-7-8-12)13(16)9-14;/h10-12H,2-9,14H2,1H3;1H. The summed E-state index contributed by atoms with van der Waals surface area (Å²) in [6.45, 7) is 2.46. The molecule has 2 rings (SSSR count). The van der Waals surface area contributed by atoms with Crippen LogP contribution in [0.3, 0.4) is 0 Å². The molecule has 3 nitrogen and oxygen atoms in total. The van der Waals surface area contributed by atoms with Gasteiger partial charge >= 0.3 is 0 Å². The first-order valence-electron chi connectivity index (χ1n) is 6.77. The molecule has 0 radical (unpaired) electrons. The van der Waals surface area contributed by atoms with E-state index in [1.54, 1.807) is 0 Å². The van der Waals surface area contributed by atoms with Crippen LogP contribution in [0.25, 0.3) is 0 Å². The molecule has 0 bridgehead atoms. The lowest BCUT2D eigenvalue weighted by Gasteiger charge is -2.37. The molecule has 100 valence electrons. The van der Waals surface area contributed by atoms with Crippen LogP contribution in [-0.2, 0) is 4.79 Å². The van der Waals surface area contributed by atoms with Crippen LogP contribution in [0.2, 0.25) is 0 Å². The molecule has 2 aliphatic carbocycles. The maximum absolute atomic E-state index is 11.8. The monoisotopic (exact) mass is 260 g/mol. The molecular weight excluding hydrogens is 236 g/mol. The zero-order chi connectivity index (χ0) is 11.5. The lowest BCUT2D eigenvalue weighted by Crippen LogP contribution is -2.46. The van der Waals surface area contributed by atoms with E-state index in [0.717, 1.165) is 5.92 Å².